The third-order valence-corrected chi connectivity index (χ3v) is 3.10. The van der Waals surface area contributed by atoms with Crippen LogP contribution in [0.5, 0.6) is 5.75 Å². The number of phenolic OH excluding ortho intramolecular Hbond substituents is 1. The molecule has 0 saturated heterocycles. The summed E-state index contributed by atoms with van der Waals surface area (Å²) in [5.74, 6) is 0.885. The highest BCUT2D eigenvalue weighted by Gasteiger charge is 2.07. The lowest BCUT2D eigenvalue weighted by Gasteiger charge is -2.10. The molecule has 2 aromatic carbocycles. The molecule has 2 aromatic rings. The zero-order valence-corrected chi connectivity index (χ0v) is 10.6. The maximum Gasteiger partial charge on any atom is 0.126 e. The van der Waals surface area contributed by atoms with E-state index in [-0.39, 0.29) is 0 Å². The Bertz CT molecular complexity index is 527. The van der Waals surface area contributed by atoms with Gasteiger partial charge < -0.3 is 5.11 Å². The van der Waals surface area contributed by atoms with Crippen molar-refractivity contribution in [3.63, 3.8) is 0 Å². The van der Waals surface area contributed by atoms with Crippen molar-refractivity contribution in [3.8, 4) is 16.9 Å². The van der Waals surface area contributed by atoms with Gasteiger partial charge in [-0.05, 0) is 29.5 Å². The lowest BCUT2D eigenvalue weighted by atomic mass is 9.96. The summed E-state index contributed by atoms with van der Waals surface area (Å²) in [5, 5.41) is 10.1. The van der Waals surface area contributed by atoms with Crippen molar-refractivity contribution >= 4 is 0 Å². The quantitative estimate of drug-likeness (QED) is 0.799. The lowest BCUT2D eigenvalue weighted by molar-refractivity contribution is 0.473. The van der Waals surface area contributed by atoms with E-state index in [9.17, 15) is 5.11 Å². The van der Waals surface area contributed by atoms with Crippen LogP contribution in [-0.2, 0) is 0 Å². The van der Waals surface area contributed by atoms with Crippen molar-refractivity contribution in [3.05, 3.63) is 53.6 Å². The van der Waals surface area contributed by atoms with Crippen molar-refractivity contribution in [2.75, 3.05) is 0 Å². The first-order chi connectivity index (χ1) is 8.09. The first-order valence-corrected chi connectivity index (χ1v) is 5.98. The van der Waals surface area contributed by atoms with Gasteiger partial charge in [-0.3, -0.25) is 0 Å². The van der Waals surface area contributed by atoms with Crippen molar-refractivity contribution in [1.29, 1.82) is 0 Å². The van der Waals surface area contributed by atoms with E-state index in [1.165, 1.54) is 5.56 Å². The summed E-state index contributed by atoms with van der Waals surface area (Å²) in [7, 11) is 0. The molecule has 1 N–H and O–H groups in total. The van der Waals surface area contributed by atoms with E-state index in [0.717, 1.165) is 16.7 Å². The molecule has 0 aromatic heterocycles. The Labute approximate surface area is 103 Å². The summed E-state index contributed by atoms with van der Waals surface area (Å²) in [5.41, 5.74) is 4.20. The number of aromatic hydroxyl groups is 1. The number of rotatable bonds is 2. The fraction of sp³-hybridized carbons (Fsp3) is 0.250. The molecule has 0 spiro atoms. The van der Waals surface area contributed by atoms with Crippen LogP contribution >= 0.6 is 0 Å². The molecule has 17 heavy (non-hydrogen) atoms. The summed E-state index contributed by atoms with van der Waals surface area (Å²) in [6.07, 6.45) is 0. The molecule has 0 aliphatic carbocycles. The van der Waals surface area contributed by atoms with Gasteiger partial charge in [0.05, 0.1) is 0 Å². The number of hydrogen-bond acceptors (Lipinski definition) is 1. The minimum atomic E-state index is 0.383. The molecule has 0 radical (unpaired) electrons. The fourth-order valence-corrected chi connectivity index (χ4v) is 1.96. The van der Waals surface area contributed by atoms with Crippen LogP contribution in [0.15, 0.2) is 42.5 Å². The monoisotopic (exact) mass is 226 g/mol. The van der Waals surface area contributed by atoms with E-state index < -0.39 is 0 Å². The van der Waals surface area contributed by atoms with Gasteiger partial charge in [-0.1, -0.05) is 56.3 Å². The van der Waals surface area contributed by atoms with Gasteiger partial charge in [-0.25, -0.2) is 0 Å². The van der Waals surface area contributed by atoms with Gasteiger partial charge in [0.2, 0.25) is 0 Å². The molecule has 0 heterocycles. The molecule has 2 rings (SSSR count). The standard InChI is InChI=1S/C16H18O/c1-11(2)13-7-5-8-14(10-13)15-9-4-6-12(3)16(15)17/h4-11,17H,1-3H3. The maximum atomic E-state index is 10.1. The Balaban J connectivity index is 2.53. The molecule has 0 amide bonds. The molecular weight excluding hydrogens is 208 g/mol. The molecule has 0 aliphatic heterocycles. The SMILES string of the molecule is Cc1cccc(-c2cccc(C(C)C)c2)c1O. The van der Waals surface area contributed by atoms with Crippen molar-refractivity contribution in [2.24, 2.45) is 0 Å². The number of hydrogen-bond donors (Lipinski definition) is 1. The lowest BCUT2D eigenvalue weighted by Crippen LogP contribution is -1.88. The van der Waals surface area contributed by atoms with Crippen LogP contribution in [0.1, 0.15) is 30.9 Å². The van der Waals surface area contributed by atoms with Gasteiger partial charge in [-0.2, -0.15) is 0 Å². The molecule has 1 nitrogen and oxygen atoms in total. The molecular formula is C16H18O. The van der Waals surface area contributed by atoms with Crippen LogP contribution < -0.4 is 0 Å². The zero-order valence-electron chi connectivity index (χ0n) is 10.6. The molecule has 0 bridgehead atoms. The average molecular weight is 226 g/mol. The second-order valence-corrected chi connectivity index (χ2v) is 4.75. The summed E-state index contributed by atoms with van der Waals surface area (Å²) >= 11 is 0. The fourth-order valence-electron chi connectivity index (χ4n) is 1.96. The van der Waals surface area contributed by atoms with Gasteiger partial charge in [0.25, 0.3) is 0 Å². The highest BCUT2D eigenvalue weighted by molar-refractivity contribution is 5.72. The molecule has 0 saturated carbocycles. The van der Waals surface area contributed by atoms with Crippen LogP contribution in [0.25, 0.3) is 11.1 Å². The normalized spacial score (nSPS) is 10.8. The highest BCUT2D eigenvalue weighted by atomic mass is 16.3. The van der Waals surface area contributed by atoms with Crippen molar-refractivity contribution in [2.45, 2.75) is 26.7 Å². The summed E-state index contributed by atoms with van der Waals surface area (Å²) in [6, 6.07) is 14.2. The third-order valence-electron chi connectivity index (χ3n) is 3.10. The first-order valence-electron chi connectivity index (χ1n) is 5.98. The second kappa shape index (κ2) is 4.62. The smallest absolute Gasteiger partial charge is 0.126 e. The Morgan fingerprint density at radius 1 is 1.00 bits per heavy atom. The van der Waals surface area contributed by atoms with E-state index in [4.69, 9.17) is 0 Å². The van der Waals surface area contributed by atoms with Crippen molar-refractivity contribution < 1.29 is 5.11 Å². The Kier molecular flexibility index (Phi) is 3.19. The highest BCUT2D eigenvalue weighted by Crippen LogP contribution is 2.32. The second-order valence-electron chi connectivity index (χ2n) is 4.75. The van der Waals surface area contributed by atoms with E-state index in [1.807, 2.05) is 37.3 Å². The molecule has 0 unspecified atom stereocenters. The summed E-state index contributed by atoms with van der Waals surface area (Å²) < 4.78 is 0. The topological polar surface area (TPSA) is 20.2 Å². The molecule has 0 aliphatic rings. The number of benzene rings is 2. The van der Waals surface area contributed by atoms with Gasteiger partial charge >= 0.3 is 0 Å². The molecule has 0 atom stereocenters. The predicted molar refractivity (Wildman–Crippen MR) is 72.4 cm³/mol. The molecule has 1 heteroatoms. The van der Waals surface area contributed by atoms with Gasteiger partial charge in [0, 0.05) is 5.56 Å². The van der Waals surface area contributed by atoms with Crippen LogP contribution in [0, 0.1) is 6.92 Å². The minimum absolute atomic E-state index is 0.383. The minimum Gasteiger partial charge on any atom is -0.507 e. The van der Waals surface area contributed by atoms with Crippen LogP contribution in [-0.4, -0.2) is 5.11 Å². The first kappa shape index (κ1) is 11.7. The zero-order chi connectivity index (χ0) is 12.4. The average Bonchev–Trinajstić information content (AvgIpc) is 2.33. The van der Waals surface area contributed by atoms with Gasteiger partial charge in [0.15, 0.2) is 0 Å². The van der Waals surface area contributed by atoms with E-state index in [2.05, 4.69) is 26.0 Å². The van der Waals surface area contributed by atoms with Gasteiger partial charge in [0.1, 0.15) is 5.75 Å². The van der Waals surface area contributed by atoms with Crippen LogP contribution in [0.4, 0.5) is 0 Å². The van der Waals surface area contributed by atoms with Crippen LogP contribution in [0.3, 0.4) is 0 Å². The molecule has 88 valence electrons. The number of para-hydroxylation sites is 1. The Morgan fingerprint density at radius 2 is 1.71 bits per heavy atom. The third kappa shape index (κ3) is 2.33. The summed E-state index contributed by atoms with van der Waals surface area (Å²) in [4.78, 5) is 0. The Hall–Kier alpha value is -1.76. The van der Waals surface area contributed by atoms with Crippen molar-refractivity contribution in [1.82, 2.24) is 0 Å². The number of aryl methyl sites for hydroxylation is 1. The van der Waals surface area contributed by atoms with Crippen LogP contribution in [0.2, 0.25) is 0 Å². The maximum absolute atomic E-state index is 10.1. The van der Waals surface area contributed by atoms with E-state index >= 15 is 0 Å². The largest absolute Gasteiger partial charge is 0.507 e. The summed E-state index contributed by atoms with van der Waals surface area (Å²) in [6.45, 7) is 6.27. The predicted octanol–water partition coefficient (Wildman–Crippen LogP) is 4.49. The van der Waals surface area contributed by atoms with E-state index in [1.54, 1.807) is 0 Å². The Morgan fingerprint density at radius 3 is 2.41 bits per heavy atom. The van der Waals surface area contributed by atoms with Gasteiger partial charge in [-0.15, -0.1) is 0 Å². The van der Waals surface area contributed by atoms with E-state index in [0.29, 0.717) is 11.7 Å². The molecule has 0 fully saturated rings. The number of phenols is 1.